The predicted molar refractivity (Wildman–Crippen MR) is 69.9 cm³/mol. The van der Waals surface area contributed by atoms with Crippen molar-refractivity contribution in [3.63, 3.8) is 0 Å². The Morgan fingerprint density at radius 1 is 1.40 bits per heavy atom. The van der Waals surface area contributed by atoms with E-state index in [0.29, 0.717) is 6.29 Å². The van der Waals surface area contributed by atoms with Crippen LogP contribution in [0.15, 0.2) is 0 Å². The summed E-state index contributed by atoms with van der Waals surface area (Å²) in [5, 5.41) is -0.298. The summed E-state index contributed by atoms with van der Waals surface area (Å²) in [6.45, 7) is 0.0819. The van der Waals surface area contributed by atoms with Gasteiger partial charge in [-0.3, -0.25) is 19.3 Å². The SMILES string of the molecule is COC(=O)C1CC(=O)N(c2nc(Cl)c(C=O)c(Cl)n2)C1. The normalized spacial score (nSPS) is 18.2. The van der Waals surface area contributed by atoms with Gasteiger partial charge in [0.15, 0.2) is 6.29 Å². The number of ether oxygens (including phenoxy) is 1. The molecule has 0 aromatic carbocycles. The van der Waals surface area contributed by atoms with Gasteiger partial charge in [0.05, 0.1) is 18.6 Å². The number of carbonyl (C=O) groups excluding carboxylic acids is 3. The van der Waals surface area contributed by atoms with Crippen LogP contribution in [0.3, 0.4) is 0 Å². The van der Waals surface area contributed by atoms with Crippen molar-refractivity contribution in [3.8, 4) is 0 Å². The van der Waals surface area contributed by atoms with Crippen molar-refractivity contribution in [1.29, 1.82) is 0 Å². The molecule has 9 heteroatoms. The topological polar surface area (TPSA) is 89.5 Å². The fourth-order valence-electron chi connectivity index (χ4n) is 1.85. The number of carbonyl (C=O) groups is 3. The highest BCUT2D eigenvalue weighted by Crippen LogP contribution is 2.27. The molecule has 1 amide bonds. The van der Waals surface area contributed by atoms with Crippen LogP contribution < -0.4 is 4.90 Å². The van der Waals surface area contributed by atoms with Gasteiger partial charge in [0.1, 0.15) is 10.3 Å². The highest BCUT2D eigenvalue weighted by Gasteiger charge is 2.37. The standard InChI is InChI=1S/C11H9Cl2N3O4/c1-20-10(19)5-2-7(18)16(3-5)11-14-8(12)6(4-17)9(13)15-11/h4-5H,2-3H2,1H3. The third-order valence-electron chi connectivity index (χ3n) is 2.86. The zero-order valence-corrected chi connectivity index (χ0v) is 11.8. The van der Waals surface area contributed by atoms with E-state index in [1.54, 1.807) is 0 Å². The zero-order chi connectivity index (χ0) is 14.9. The highest BCUT2D eigenvalue weighted by atomic mass is 35.5. The first-order valence-corrected chi connectivity index (χ1v) is 6.30. The molecule has 0 saturated carbocycles. The van der Waals surface area contributed by atoms with E-state index in [4.69, 9.17) is 23.2 Å². The molecule has 0 bridgehead atoms. The summed E-state index contributed by atoms with van der Waals surface area (Å²) in [6.07, 6.45) is 0.429. The number of amides is 1. The number of methoxy groups -OCH3 is 1. The molecule has 1 atom stereocenters. The molecule has 1 aliphatic rings. The molecule has 1 aliphatic heterocycles. The summed E-state index contributed by atoms with van der Waals surface area (Å²) < 4.78 is 4.59. The van der Waals surface area contributed by atoms with E-state index in [1.807, 2.05) is 0 Å². The lowest BCUT2D eigenvalue weighted by Gasteiger charge is -2.14. The van der Waals surface area contributed by atoms with Gasteiger partial charge in [-0.2, -0.15) is 9.97 Å². The summed E-state index contributed by atoms with van der Waals surface area (Å²) in [5.41, 5.74) is -0.0479. The fraction of sp³-hybridized carbons (Fsp3) is 0.364. The van der Waals surface area contributed by atoms with E-state index in [9.17, 15) is 14.4 Å². The molecule has 0 spiro atoms. The molecule has 1 unspecified atom stereocenters. The number of nitrogens with zero attached hydrogens (tertiary/aromatic N) is 3. The summed E-state index contributed by atoms with van der Waals surface area (Å²) in [7, 11) is 1.25. The van der Waals surface area contributed by atoms with Gasteiger partial charge in [-0.1, -0.05) is 23.2 Å². The van der Waals surface area contributed by atoms with Crippen molar-refractivity contribution in [2.45, 2.75) is 6.42 Å². The molecule has 1 fully saturated rings. The van der Waals surface area contributed by atoms with E-state index in [0.717, 1.165) is 0 Å². The first-order valence-electron chi connectivity index (χ1n) is 5.54. The Bertz CT molecular complexity index is 570. The molecule has 1 saturated heterocycles. The van der Waals surface area contributed by atoms with Crippen LogP contribution in [-0.2, 0) is 14.3 Å². The van der Waals surface area contributed by atoms with Crippen LogP contribution in [-0.4, -0.2) is 41.8 Å². The van der Waals surface area contributed by atoms with E-state index >= 15 is 0 Å². The van der Waals surface area contributed by atoms with Crippen LogP contribution in [0.1, 0.15) is 16.8 Å². The maximum Gasteiger partial charge on any atom is 0.311 e. The van der Waals surface area contributed by atoms with Gasteiger partial charge in [-0.25, -0.2) is 0 Å². The zero-order valence-electron chi connectivity index (χ0n) is 10.3. The minimum atomic E-state index is -0.584. The number of rotatable bonds is 3. The molecular weight excluding hydrogens is 309 g/mol. The van der Waals surface area contributed by atoms with E-state index in [2.05, 4.69) is 14.7 Å². The minimum absolute atomic E-state index is 0.000698. The second-order valence-electron chi connectivity index (χ2n) is 4.07. The molecule has 0 N–H and O–H groups in total. The minimum Gasteiger partial charge on any atom is -0.469 e. The van der Waals surface area contributed by atoms with Gasteiger partial charge in [0.25, 0.3) is 0 Å². The molecule has 20 heavy (non-hydrogen) atoms. The number of halogens is 2. The second-order valence-corrected chi connectivity index (χ2v) is 4.78. The smallest absolute Gasteiger partial charge is 0.311 e. The first-order chi connectivity index (χ1) is 9.47. The molecule has 1 aromatic rings. The van der Waals surface area contributed by atoms with Gasteiger partial charge < -0.3 is 4.74 Å². The lowest BCUT2D eigenvalue weighted by molar-refractivity contribution is -0.145. The molecule has 0 aliphatic carbocycles. The van der Waals surface area contributed by atoms with Crippen molar-refractivity contribution in [2.75, 3.05) is 18.6 Å². The van der Waals surface area contributed by atoms with Gasteiger partial charge in [0.2, 0.25) is 11.9 Å². The Kier molecular flexibility index (Phi) is 4.20. The number of hydrogen-bond donors (Lipinski definition) is 0. The van der Waals surface area contributed by atoms with Gasteiger partial charge >= 0.3 is 5.97 Å². The lowest BCUT2D eigenvalue weighted by atomic mass is 10.1. The monoisotopic (exact) mass is 317 g/mol. The quantitative estimate of drug-likeness (QED) is 0.471. The maximum absolute atomic E-state index is 11.9. The third kappa shape index (κ3) is 2.59. The van der Waals surface area contributed by atoms with E-state index in [-0.39, 0.29) is 40.7 Å². The van der Waals surface area contributed by atoms with Crippen LogP contribution in [0.5, 0.6) is 0 Å². The van der Waals surface area contributed by atoms with Crippen LogP contribution in [0.25, 0.3) is 0 Å². The Morgan fingerprint density at radius 3 is 2.50 bits per heavy atom. The molecule has 106 valence electrons. The van der Waals surface area contributed by atoms with Crippen molar-refractivity contribution in [2.24, 2.45) is 5.92 Å². The fourth-order valence-corrected chi connectivity index (χ4v) is 2.32. The van der Waals surface area contributed by atoms with Gasteiger partial charge in [-0.05, 0) is 0 Å². The summed E-state index contributed by atoms with van der Waals surface area (Å²) in [4.78, 5) is 42.9. The molecule has 1 aromatic heterocycles. The maximum atomic E-state index is 11.9. The first kappa shape index (κ1) is 14.7. The Morgan fingerprint density at radius 2 is 2.00 bits per heavy atom. The summed E-state index contributed by atoms with van der Waals surface area (Å²) in [6, 6.07) is 0. The predicted octanol–water partition coefficient (Wildman–Crippen LogP) is 1.12. The van der Waals surface area contributed by atoms with Crippen molar-refractivity contribution in [1.82, 2.24) is 9.97 Å². The number of anilines is 1. The number of aldehydes is 1. The largest absolute Gasteiger partial charge is 0.469 e. The van der Waals surface area contributed by atoms with Crippen molar-refractivity contribution < 1.29 is 19.1 Å². The Hall–Kier alpha value is -1.73. The van der Waals surface area contributed by atoms with E-state index < -0.39 is 11.9 Å². The number of esters is 1. The number of hydrogen-bond acceptors (Lipinski definition) is 6. The van der Waals surface area contributed by atoms with E-state index in [1.165, 1.54) is 12.0 Å². The van der Waals surface area contributed by atoms with Crippen molar-refractivity contribution >= 4 is 47.3 Å². The van der Waals surface area contributed by atoms with Crippen LogP contribution in [0, 0.1) is 5.92 Å². The van der Waals surface area contributed by atoms with Crippen LogP contribution in [0.4, 0.5) is 5.95 Å². The van der Waals surface area contributed by atoms with Crippen molar-refractivity contribution in [3.05, 3.63) is 15.9 Å². The Labute approximate surface area is 123 Å². The highest BCUT2D eigenvalue weighted by molar-refractivity contribution is 6.37. The summed E-state index contributed by atoms with van der Waals surface area (Å²) >= 11 is 11.6. The summed E-state index contributed by atoms with van der Waals surface area (Å²) in [5.74, 6) is -1.45. The van der Waals surface area contributed by atoms with Gasteiger partial charge in [-0.15, -0.1) is 0 Å². The average molecular weight is 318 g/mol. The second kappa shape index (κ2) is 5.72. The molecule has 7 nitrogen and oxygen atoms in total. The van der Waals surface area contributed by atoms with Crippen LogP contribution >= 0.6 is 23.2 Å². The third-order valence-corrected chi connectivity index (χ3v) is 3.44. The molecule has 2 heterocycles. The molecular formula is C11H9Cl2N3O4. The molecule has 0 radical (unpaired) electrons. The lowest BCUT2D eigenvalue weighted by Crippen LogP contribution is -2.28. The average Bonchev–Trinajstić information content (AvgIpc) is 2.79. The Balaban J connectivity index is 2.31. The number of aromatic nitrogens is 2. The van der Waals surface area contributed by atoms with Gasteiger partial charge in [0, 0.05) is 13.0 Å². The molecule has 2 rings (SSSR count). The van der Waals surface area contributed by atoms with Crippen LogP contribution in [0.2, 0.25) is 10.3 Å².